The minimum Gasteiger partial charge on any atom is -0.497 e. The number of carbonyl (C=O) groups is 2. The Morgan fingerprint density at radius 2 is 1.89 bits per heavy atom. The Morgan fingerprint density at radius 3 is 2.52 bits per heavy atom. The summed E-state index contributed by atoms with van der Waals surface area (Å²) in [7, 11) is 1.60. The highest BCUT2D eigenvalue weighted by Crippen LogP contribution is 2.23. The monoisotopic (exact) mass is 390 g/mol. The molecule has 0 heterocycles. The second-order valence-corrected chi connectivity index (χ2v) is 6.51. The number of hydrogen-bond acceptors (Lipinski definition) is 4. The summed E-state index contributed by atoms with van der Waals surface area (Å²) in [5.74, 6) is -0.685. The second-order valence-electron chi connectivity index (χ2n) is 6.11. The number of hydrogen-bond donors (Lipinski definition) is 3. The first-order valence-corrected chi connectivity index (χ1v) is 8.92. The summed E-state index contributed by atoms with van der Waals surface area (Å²) in [6.45, 7) is 2.23. The van der Waals surface area contributed by atoms with E-state index < -0.39 is 12.0 Å². The quantitative estimate of drug-likeness (QED) is 0.611. The molecule has 3 N–H and O–H groups in total. The molecule has 0 fully saturated rings. The maximum absolute atomic E-state index is 12.2. The van der Waals surface area contributed by atoms with E-state index in [2.05, 4.69) is 10.6 Å². The molecule has 0 aliphatic carbocycles. The Kier molecular flexibility index (Phi) is 7.64. The highest BCUT2D eigenvalue weighted by molar-refractivity contribution is 6.31. The Bertz CT molecular complexity index is 793. The number of carboxylic acids is 1. The van der Waals surface area contributed by atoms with E-state index in [1.807, 2.05) is 24.3 Å². The third-order valence-electron chi connectivity index (χ3n) is 4.19. The van der Waals surface area contributed by atoms with Gasteiger partial charge in [-0.25, -0.2) is 0 Å². The highest BCUT2D eigenvalue weighted by atomic mass is 35.5. The first kappa shape index (κ1) is 20.7. The Balaban J connectivity index is 1.87. The zero-order chi connectivity index (χ0) is 19.8. The predicted molar refractivity (Wildman–Crippen MR) is 106 cm³/mol. The number of ether oxygens (including phenoxy) is 1. The topological polar surface area (TPSA) is 87.7 Å². The molecule has 0 saturated carbocycles. The smallest absolute Gasteiger partial charge is 0.321 e. The van der Waals surface area contributed by atoms with Crippen LogP contribution in [-0.2, 0) is 16.0 Å². The first-order chi connectivity index (χ1) is 12.9. The molecule has 0 radical (unpaired) electrons. The molecule has 0 aliphatic rings. The fourth-order valence-corrected chi connectivity index (χ4v) is 2.73. The number of anilines is 1. The zero-order valence-electron chi connectivity index (χ0n) is 15.3. The standard InChI is InChI=1S/C20H23ClN2O4/c1-13-16(21)4-3-5-17(13)23-19(24)12-18(20(25)26)22-11-10-14-6-8-15(27-2)9-7-14/h3-9,18,22H,10-12H2,1-2H3,(H,23,24)(H,25,26). The van der Waals surface area contributed by atoms with Crippen molar-refractivity contribution >= 4 is 29.2 Å². The molecule has 144 valence electrons. The molecular weight excluding hydrogens is 368 g/mol. The van der Waals surface area contributed by atoms with Crippen LogP contribution in [0.2, 0.25) is 5.02 Å². The van der Waals surface area contributed by atoms with Crippen LogP contribution < -0.4 is 15.4 Å². The Morgan fingerprint density at radius 1 is 1.19 bits per heavy atom. The van der Waals surface area contributed by atoms with Gasteiger partial charge in [0.25, 0.3) is 0 Å². The Hall–Kier alpha value is -2.57. The van der Waals surface area contributed by atoms with E-state index >= 15 is 0 Å². The lowest BCUT2D eigenvalue weighted by molar-refractivity contribution is -0.141. The van der Waals surface area contributed by atoms with Gasteiger partial charge in [0.05, 0.1) is 13.5 Å². The van der Waals surface area contributed by atoms with Gasteiger partial charge < -0.3 is 20.5 Å². The molecule has 1 amide bonds. The first-order valence-electron chi connectivity index (χ1n) is 8.54. The van der Waals surface area contributed by atoms with Gasteiger partial charge in [0, 0.05) is 10.7 Å². The number of rotatable bonds is 9. The maximum Gasteiger partial charge on any atom is 0.321 e. The average Bonchev–Trinajstić information content (AvgIpc) is 2.65. The van der Waals surface area contributed by atoms with E-state index in [0.717, 1.165) is 16.9 Å². The molecule has 0 saturated heterocycles. The lowest BCUT2D eigenvalue weighted by Crippen LogP contribution is -2.40. The lowest BCUT2D eigenvalue weighted by Gasteiger charge is -2.15. The second kappa shape index (κ2) is 9.94. The van der Waals surface area contributed by atoms with Crippen molar-refractivity contribution in [2.24, 2.45) is 0 Å². The molecule has 1 atom stereocenters. The Labute approximate surface area is 163 Å². The number of carboxylic acid groups (broad SMARTS) is 1. The van der Waals surface area contributed by atoms with Crippen LogP contribution in [0.3, 0.4) is 0 Å². The molecular formula is C20H23ClN2O4. The molecule has 2 aromatic carbocycles. The summed E-state index contributed by atoms with van der Waals surface area (Å²) in [6.07, 6.45) is 0.465. The number of halogens is 1. The molecule has 0 aromatic heterocycles. The van der Waals surface area contributed by atoms with Crippen LogP contribution in [0, 0.1) is 6.92 Å². The van der Waals surface area contributed by atoms with Crippen LogP contribution in [-0.4, -0.2) is 36.7 Å². The largest absolute Gasteiger partial charge is 0.497 e. The van der Waals surface area contributed by atoms with Gasteiger partial charge in [-0.15, -0.1) is 0 Å². The van der Waals surface area contributed by atoms with E-state index in [4.69, 9.17) is 16.3 Å². The van der Waals surface area contributed by atoms with Crippen LogP contribution in [0.25, 0.3) is 0 Å². The van der Waals surface area contributed by atoms with Gasteiger partial charge in [-0.2, -0.15) is 0 Å². The van der Waals surface area contributed by atoms with E-state index in [0.29, 0.717) is 23.7 Å². The number of nitrogens with one attached hydrogen (secondary N) is 2. The fraction of sp³-hybridized carbons (Fsp3) is 0.300. The van der Waals surface area contributed by atoms with E-state index in [1.165, 1.54) is 0 Å². The van der Waals surface area contributed by atoms with Crippen molar-refractivity contribution in [1.29, 1.82) is 0 Å². The molecule has 2 aromatic rings. The van der Waals surface area contributed by atoms with Crippen molar-refractivity contribution in [3.63, 3.8) is 0 Å². The summed E-state index contributed by atoms with van der Waals surface area (Å²) < 4.78 is 5.11. The summed E-state index contributed by atoms with van der Waals surface area (Å²) >= 11 is 6.03. The van der Waals surface area contributed by atoms with Crippen molar-refractivity contribution < 1.29 is 19.4 Å². The molecule has 0 spiro atoms. The van der Waals surface area contributed by atoms with Crippen LogP contribution >= 0.6 is 11.6 Å². The summed E-state index contributed by atoms with van der Waals surface area (Å²) in [4.78, 5) is 23.7. The van der Waals surface area contributed by atoms with E-state index in [1.54, 1.807) is 32.2 Å². The third kappa shape index (κ3) is 6.27. The number of benzene rings is 2. The molecule has 1 unspecified atom stereocenters. The molecule has 6 nitrogen and oxygen atoms in total. The normalized spacial score (nSPS) is 11.7. The zero-order valence-corrected chi connectivity index (χ0v) is 16.0. The minimum atomic E-state index is -1.07. The number of carbonyl (C=O) groups excluding carboxylic acids is 1. The fourth-order valence-electron chi connectivity index (χ4n) is 2.56. The number of aliphatic carboxylic acids is 1. The average molecular weight is 391 g/mol. The van der Waals surface area contributed by atoms with Gasteiger partial charge >= 0.3 is 5.97 Å². The molecule has 7 heteroatoms. The van der Waals surface area contributed by atoms with Gasteiger partial charge in [-0.3, -0.25) is 9.59 Å². The van der Waals surface area contributed by atoms with Crippen molar-refractivity contribution in [3.05, 3.63) is 58.6 Å². The summed E-state index contributed by atoms with van der Waals surface area (Å²) in [5, 5.41) is 15.6. The van der Waals surface area contributed by atoms with Gasteiger partial charge in [-0.1, -0.05) is 29.8 Å². The minimum absolute atomic E-state index is 0.177. The van der Waals surface area contributed by atoms with Crippen molar-refractivity contribution in [3.8, 4) is 5.75 Å². The van der Waals surface area contributed by atoms with E-state index in [9.17, 15) is 14.7 Å². The third-order valence-corrected chi connectivity index (χ3v) is 4.60. The van der Waals surface area contributed by atoms with Gasteiger partial charge in [0.1, 0.15) is 11.8 Å². The van der Waals surface area contributed by atoms with Crippen molar-refractivity contribution in [1.82, 2.24) is 5.32 Å². The van der Waals surface area contributed by atoms with Crippen LogP contribution in [0.4, 0.5) is 5.69 Å². The van der Waals surface area contributed by atoms with Crippen molar-refractivity contribution in [2.75, 3.05) is 19.0 Å². The van der Waals surface area contributed by atoms with E-state index in [-0.39, 0.29) is 12.3 Å². The number of amides is 1. The van der Waals surface area contributed by atoms with Crippen LogP contribution in [0.15, 0.2) is 42.5 Å². The van der Waals surface area contributed by atoms with Crippen LogP contribution in [0.5, 0.6) is 5.75 Å². The maximum atomic E-state index is 12.2. The van der Waals surface area contributed by atoms with Gasteiger partial charge in [0.15, 0.2) is 0 Å². The van der Waals surface area contributed by atoms with Crippen molar-refractivity contribution in [2.45, 2.75) is 25.8 Å². The SMILES string of the molecule is COc1ccc(CCNC(CC(=O)Nc2cccc(Cl)c2C)C(=O)O)cc1. The van der Waals surface area contributed by atoms with Gasteiger partial charge in [0.2, 0.25) is 5.91 Å². The molecule has 0 aliphatic heterocycles. The predicted octanol–water partition coefficient (Wildman–Crippen LogP) is 3.27. The van der Waals surface area contributed by atoms with Crippen LogP contribution in [0.1, 0.15) is 17.5 Å². The lowest BCUT2D eigenvalue weighted by atomic mass is 10.1. The molecule has 0 bridgehead atoms. The molecule has 2 rings (SSSR count). The molecule has 27 heavy (non-hydrogen) atoms. The highest BCUT2D eigenvalue weighted by Gasteiger charge is 2.21. The van der Waals surface area contributed by atoms with Gasteiger partial charge in [-0.05, 0) is 55.3 Å². The number of methoxy groups -OCH3 is 1. The summed E-state index contributed by atoms with van der Waals surface area (Å²) in [5.41, 5.74) is 2.37. The summed E-state index contributed by atoms with van der Waals surface area (Å²) in [6, 6.07) is 11.8.